The second-order valence-corrected chi connectivity index (χ2v) is 7.82. The van der Waals surface area contributed by atoms with Crippen molar-refractivity contribution >= 4 is 10.0 Å². The molecule has 2 aromatic carbocycles. The van der Waals surface area contributed by atoms with Crippen LogP contribution in [0.1, 0.15) is 17.0 Å². The third kappa shape index (κ3) is 4.00. The third-order valence-corrected chi connectivity index (χ3v) is 5.52. The topological polar surface area (TPSA) is 64.0 Å². The van der Waals surface area contributed by atoms with Crippen molar-refractivity contribution in [2.24, 2.45) is 0 Å². The van der Waals surface area contributed by atoms with E-state index in [9.17, 15) is 12.8 Å². The predicted octanol–water partition coefficient (Wildman–Crippen LogP) is 3.15. The van der Waals surface area contributed by atoms with Gasteiger partial charge in [0.05, 0.1) is 11.4 Å². The first-order valence-electron chi connectivity index (χ1n) is 8.23. The summed E-state index contributed by atoms with van der Waals surface area (Å²) in [5.74, 6) is -0.755. The van der Waals surface area contributed by atoms with Crippen LogP contribution in [0.5, 0.6) is 0 Å². The summed E-state index contributed by atoms with van der Waals surface area (Å²) < 4.78 is 42.3. The molecule has 0 fully saturated rings. The Kier molecular flexibility index (Phi) is 5.20. The zero-order valence-corrected chi connectivity index (χ0v) is 15.4. The minimum atomic E-state index is -3.85. The first-order valence-corrected chi connectivity index (χ1v) is 9.72. The summed E-state index contributed by atoms with van der Waals surface area (Å²) in [6.07, 6.45) is 0.505. The highest BCUT2D eigenvalue weighted by molar-refractivity contribution is 7.89. The van der Waals surface area contributed by atoms with Crippen LogP contribution in [-0.4, -0.2) is 24.7 Å². The molecule has 7 heteroatoms. The van der Waals surface area contributed by atoms with Gasteiger partial charge in [-0.1, -0.05) is 24.3 Å². The fourth-order valence-electron chi connectivity index (χ4n) is 2.76. The summed E-state index contributed by atoms with van der Waals surface area (Å²) in [5, 5.41) is 4.44. The van der Waals surface area contributed by atoms with E-state index in [2.05, 4.69) is 9.82 Å². The van der Waals surface area contributed by atoms with Gasteiger partial charge in [-0.05, 0) is 56.2 Å². The number of nitrogens with zero attached hydrogens (tertiary/aromatic N) is 2. The number of aromatic nitrogens is 2. The number of aryl methyl sites for hydroxylation is 2. The molecule has 1 N–H and O–H groups in total. The van der Waals surface area contributed by atoms with Crippen LogP contribution in [0, 0.1) is 19.7 Å². The number of rotatable bonds is 6. The number of hydrogen-bond donors (Lipinski definition) is 1. The number of benzene rings is 2. The Morgan fingerprint density at radius 2 is 1.77 bits per heavy atom. The van der Waals surface area contributed by atoms with Crippen LogP contribution in [0.4, 0.5) is 4.39 Å². The van der Waals surface area contributed by atoms with Crippen molar-refractivity contribution in [3.8, 4) is 5.69 Å². The van der Waals surface area contributed by atoms with E-state index >= 15 is 0 Å². The second-order valence-electron chi connectivity index (χ2n) is 6.08. The van der Waals surface area contributed by atoms with Crippen LogP contribution in [0.3, 0.4) is 0 Å². The lowest BCUT2D eigenvalue weighted by Gasteiger charge is -2.09. The molecule has 0 unspecified atom stereocenters. The normalized spacial score (nSPS) is 11.7. The van der Waals surface area contributed by atoms with Crippen molar-refractivity contribution in [2.45, 2.75) is 25.2 Å². The van der Waals surface area contributed by atoms with E-state index in [0.29, 0.717) is 6.42 Å². The van der Waals surface area contributed by atoms with Crippen molar-refractivity contribution in [2.75, 3.05) is 6.54 Å². The summed E-state index contributed by atoms with van der Waals surface area (Å²) in [6, 6.07) is 15.1. The van der Waals surface area contributed by atoms with Gasteiger partial charge in [0.15, 0.2) is 0 Å². The van der Waals surface area contributed by atoms with E-state index in [4.69, 9.17) is 0 Å². The summed E-state index contributed by atoms with van der Waals surface area (Å²) in [5.41, 5.74) is 3.93. The van der Waals surface area contributed by atoms with E-state index in [1.54, 1.807) is 0 Å². The van der Waals surface area contributed by atoms with E-state index in [0.717, 1.165) is 28.7 Å². The minimum Gasteiger partial charge on any atom is -0.238 e. The predicted molar refractivity (Wildman–Crippen MR) is 98.3 cm³/mol. The molecule has 0 aliphatic heterocycles. The smallest absolute Gasteiger partial charge is 0.238 e. The van der Waals surface area contributed by atoms with Gasteiger partial charge in [0, 0.05) is 12.2 Å². The van der Waals surface area contributed by atoms with Crippen molar-refractivity contribution in [1.29, 1.82) is 0 Å². The van der Waals surface area contributed by atoms with Gasteiger partial charge in [-0.3, -0.25) is 0 Å². The quantitative estimate of drug-likeness (QED) is 0.722. The molecule has 0 saturated heterocycles. The molecule has 26 heavy (non-hydrogen) atoms. The Balaban J connectivity index is 1.64. The number of nitrogens with one attached hydrogen (secondary N) is 1. The molecule has 5 nitrogen and oxygen atoms in total. The van der Waals surface area contributed by atoms with Crippen LogP contribution in [0.25, 0.3) is 5.69 Å². The average Bonchev–Trinajstić information content (AvgIpc) is 2.94. The van der Waals surface area contributed by atoms with E-state index < -0.39 is 15.8 Å². The fraction of sp³-hybridized carbons (Fsp3) is 0.211. The molecular weight excluding hydrogens is 353 g/mol. The lowest BCUT2D eigenvalue weighted by molar-refractivity contribution is 0.557. The lowest BCUT2D eigenvalue weighted by atomic mass is 10.1. The molecule has 0 aliphatic rings. The van der Waals surface area contributed by atoms with Crippen LogP contribution in [0.15, 0.2) is 59.5 Å². The van der Waals surface area contributed by atoms with Crippen LogP contribution in [0.2, 0.25) is 0 Å². The SMILES string of the molecule is Cc1cc(C)n(-c2ccc(CCNS(=O)(=O)c3ccccc3F)cc2)n1. The molecule has 0 saturated carbocycles. The highest BCUT2D eigenvalue weighted by atomic mass is 32.2. The molecule has 0 aliphatic carbocycles. The minimum absolute atomic E-state index is 0.190. The van der Waals surface area contributed by atoms with Gasteiger partial charge in [0.1, 0.15) is 10.7 Å². The second kappa shape index (κ2) is 7.39. The largest absolute Gasteiger partial charge is 0.243 e. The highest BCUT2D eigenvalue weighted by Gasteiger charge is 2.17. The standard InChI is InChI=1S/C19H20FN3O2S/c1-14-13-15(2)23(22-14)17-9-7-16(8-10-17)11-12-21-26(24,25)19-6-4-3-5-18(19)20/h3-10,13,21H,11-12H2,1-2H3. The highest BCUT2D eigenvalue weighted by Crippen LogP contribution is 2.15. The number of sulfonamides is 1. The molecule has 3 rings (SSSR count). The van der Waals surface area contributed by atoms with Gasteiger partial charge in [-0.25, -0.2) is 22.2 Å². The van der Waals surface area contributed by atoms with Crippen molar-refractivity contribution in [1.82, 2.24) is 14.5 Å². The van der Waals surface area contributed by atoms with Crippen molar-refractivity contribution < 1.29 is 12.8 Å². The summed E-state index contributed by atoms with van der Waals surface area (Å²) >= 11 is 0. The Labute approximate surface area is 152 Å². The molecule has 0 bridgehead atoms. The first kappa shape index (κ1) is 18.3. The Bertz CT molecular complexity index is 1010. The maximum absolute atomic E-state index is 13.6. The zero-order chi connectivity index (χ0) is 18.7. The molecule has 0 amide bonds. The van der Waals surface area contributed by atoms with Crippen molar-refractivity contribution in [3.05, 3.63) is 77.4 Å². The lowest BCUT2D eigenvalue weighted by Crippen LogP contribution is -2.26. The van der Waals surface area contributed by atoms with E-state index in [1.807, 2.05) is 48.9 Å². The molecule has 0 spiro atoms. The van der Waals surface area contributed by atoms with Gasteiger partial charge in [-0.2, -0.15) is 5.10 Å². The van der Waals surface area contributed by atoms with Crippen LogP contribution < -0.4 is 4.72 Å². The molecule has 1 heterocycles. The number of halogens is 1. The molecule has 3 aromatic rings. The Morgan fingerprint density at radius 1 is 1.08 bits per heavy atom. The Hall–Kier alpha value is -2.51. The van der Waals surface area contributed by atoms with E-state index in [-0.39, 0.29) is 11.4 Å². The monoisotopic (exact) mass is 373 g/mol. The van der Waals surface area contributed by atoms with Crippen molar-refractivity contribution in [3.63, 3.8) is 0 Å². The average molecular weight is 373 g/mol. The molecule has 0 radical (unpaired) electrons. The van der Waals surface area contributed by atoms with Crippen LogP contribution in [-0.2, 0) is 16.4 Å². The maximum atomic E-state index is 13.6. The van der Waals surface area contributed by atoms with Gasteiger partial charge in [-0.15, -0.1) is 0 Å². The zero-order valence-electron chi connectivity index (χ0n) is 14.6. The fourth-order valence-corrected chi connectivity index (χ4v) is 3.87. The third-order valence-electron chi connectivity index (χ3n) is 4.02. The maximum Gasteiger partial charge on any atom is 0.243 e. The van der Waals surface area contributed by atoms with Gasteiger partial charge >= 0.3 is 0 Å². The van der Waals surface area contributed by atoms with Gasteiger partial charge in [0.25, 0.3) is 0 Å². The summed E-state index contributed by atoms with van der Waals surface area (Å²) in [6.45, 7) is 4.13. The molecular formula is C19H20FN3O2S. The molecule has 1 aromatic heterocycles. The molecule has 0 atom stereocenters. The first-order chi connectivity index (χ1) is 12.4. The van der Waals surface area contributed by atoms with Crippen LogP contribution >= 0.6 is 0 Å². The number of hydrogen-bond acceptors (Lipinski definition) is 3. The van der Waals surface area contributed by atoms with E-state index in [1.165, 1.54) is 18.2 Å². The Morgan fingerprint density at radius 3 is 2.38 bits per heavy atom. The summed E-state index contributed by atoms with van der Waals surface area (Å²) in [7, 11) is -3.85. The van der Waals surface area contributed by atoms with Gasteiger partial charge < -0.3 is 0 Å². The van der Waals surface area contributed by atoms with Gasteiger partial charge in [0.2, 0.25) is 10.0 Å². The summed E-state index contributed by atoms with van der Waals surface area (Å²) in [4.78, 5) is -0.333. The molecule has 136 valence electrons.